The SMILES string of the molecule is Cc1cc(-n2cc[nH]c(=O)c2=O)ccc1Br. The third-order valence-electron chi connectivity index (χ3n) is 2.27. The highest BCUT2D eigenvalue weighted by atomic mass is 79.9. The largest absolute Gasteiger partial charge is 0.323 e. The Morgan fingerprint density at radius 3 is 2.75 bits per heavy atom. The van der Waals surface area contributed by atoms with Crippen LogP contribution < -0.4 is 11.1 Å². The average molecular weight is 281 g/mol. The van der Waals surface area contributed by atoms with Gasteiger partial charge in [0.2, 0.25) is 0 Å². The summed E-state index contributed by atoms with van der Waals surface area (Å²) < 4.78 is 2.28. The Bertz CT molecular complexity index is 643. The molecule has 5 heteroatoms. The number of halogens is 1. The number of aromatic nitrogens is 2. The van der Waals surface area contributed by atoms with E-state index in [9.17, 15) is 9.59 Å². The van der Waals surface area contributed by atoms with Crippen molar-refractivity contribution in [2.24, 2.45) is 0 Å². The predicted octanol–water partition coefficient (Wildman–Crippen LogP) is 1.60. The fourth-order valence-corrected chi connectivity index (χ4v) is 1.65. The smallest absolute Gasteiger partial charge is 0.320 e. The number of aryl methyl sites for hydroxylation is 1. The summed E-state index contributed by atoms with van der Waals surface area (Å²) >= 11 is 3.38. The number of H-pyrrole nitrogens is 1. The minimum absolute atomic E-state index is 0.579. The highest BCUT2D eigenvalue weighted by Crippen LogP contribution is 2.18. The maximum absolute atomic E-state index is 11.6. The summed E-state index contributed by atoms with van der Waals surface area (Å²) in [6.45, 7) is 1.92. The Morgan fingerprint density at radius 1 is 1.31 bits per heavy atom. The first-order valence-electron chi connectivity index (χ1n) is 4.66. The quantitative estimate of drug-likeness (QED) is 0.807. The lowest BCUT2D eigenvalue weighted by molar-refractivity contribution is 0.926. The van der Waals surface area contributed by atoms with Crippen molar-refractivity contribution in [2.75, 3.05) is 0 Å². The zero-order valence-electron chi connectivity index (χ0n) is 8.53. The molecule has 2 aromatic rings. The van der Waals surface area contributed by atoms with Crippen LogP contribution in [-0.4, -0.2) is 9.55 Å². The van der Waals surface area contributed by atoms with Crippen LogP contribution in [-0.2, 0) is 0 Å². The third kappa shape index (κ3) is 1.86. The highest BCUT2D eigenvalue weighted by molar-refractivity contribution is 9.10. The minimum atomic E-state index is -0.622. The minimum Gasteiger partial charge on any atom is -0.323 e. The summed E-state index contributed by atoms with van der Waals surface area (Å²) in [4.78, 5) is 25.1. The normalized spacial score (nSPS) is 10.4. The summed E-state index contributed by atoms with van der Waals surface area (Å²) in [6.07, 6.45) is 2.98. The summed E-state index contributed by atoms with van der Waals surface area (Å²) in [5.41, 5.74) is 0.480. The van der Waals surface area contributed by atoms with E-state index < -0.39 is 11.1 Å². The molecule has 0 spiro atoms. The van der Waals surface area contributed by atoms with Gasteiger partial charge < -0.3 is 4.98 Å². The van der Waals surface area contributed by atoms with Crippen molar-refractivity contribution in [3.8, 4) is 5.69 Å². The molecule has 1 N–H and O–H groups in total. The van der Waals surface area contributed by atoms with Crippen LogP contribution in [0.5, 0.6) is 0 Å². The lowest BCUT2D eigenvalue weighted by atomic mass is 10.2. The van der Waals surface area contributed by atoms with Crippen molar-refractivity contribution in [1.82, 2.24) is 9.55 Å². The molecule has 0 radical (unpaired) electrons. The summed E-state index contributed by atoms with van der Waals surface area (Å²) in [5.74, 6) is 0. The Balaban J connectivity index is 2.68. The standard InChI is InChI=1S/C11H9BrN2O2/c1-7-6-8(2-3-9(7)12)14-5-4-13-10(15)11(14)16/h2-6H,1H3,(H,13,15). The van der Waals surface area contributed by atoms with Crippen LogP contribution in [0.3, 0.4) is 0 Å². The van der Waals surface area contributed by atoms with Gasteiger partial charge in [-0.3, -0.25) is 14.2 Å². The predicted molar refractivity (Wildman–Crippen MR) is 65.1 cm³/mol. The first-order valence-corrected chi connectivity index (χ1v) is 5.46. The van der Waals surface area contributed by atoms with E-state index in [4.69, 9.17) is 0 Å². The first-order chi connectivity index (χ1) is 7.59. The molecule has 0 amide bonds. The van der Waals surface area contributed by atoms with E-state index >= 15 is 0 Å². The monoisotopic (exact) mass is 280 g/mol. The van der Waals surface area contributed by atoms with Gasteiger partial charge in [0.05, 0.1) is 0 Å². The van der Waals surface area contributed by atoms with Gasteiger partial charge in [-0.05, 0) is 30.7 Å². The van der Waals surface area contributed by atoms with Gasteiger partial charge in [-0.2, -0.15) is 0 Å². The van der Waals surface area contributed by atoms with Gasteiger partial charge in [-0.15, -0.1) is 0 Å². The molecule has 0 aliphatic rings. The van der Waals surface area contributed by atoms with Crippen LogP contribution in [0.1, 0.15) is 5.56 Å². The van der Waals surface area contributed by atoms with Crippen LogP contribution >= 0.6 is 15.9 Å². The molecule has 0 bridgehead atoms. The van der Waals surface area contributed by atoms with Crippen LogP contribution in [0.25, 0.3) is 5.69 Å². The third-order valence-corrected chi connectivity index (χ3v) is 3.16. The van der Waals surface area contributed by atoms with Gasteiger partial charge in [-0.25, -0.2) is 0 Å². The molecule has 0 saturated carbocycles. The molecule has 1 aromatic heterocycles. The van der Waals surface area contributed by atoms with Crippen LogP contribution in [0.15, 0.2) is 44.7 Å². The molecular weight excluding hydrogens is 272 g/mol. The fraction of sp³-hybridized carbons (Fsp3) is 0.0909. The second-order valence-electron chi connectivity index (χ2n) is 3.40. The second-order valence-corrected chi connectivity index (χ2v) is 4.25. The van der Waals surface area contributed by atoms with Gasteiger partial charge in [-0.1, -0.05) is 15.9 Å². The first kappa shape index (κ1) is 10.9. The molecule has 2 rings (SSSR count). The lowest BCUT2D eigenvalue weighted by Crippen LogP contribution is -2.34. The molecule has 82 valence electrons. The summed E-state index contributed by atoms with van der Waals surface area (Å²) in [7, 11) is 0. The molecule has 0 unspecified atom stereocenters. The Kier molecular flexibility index (Phi) is 2.78. The van der Waals surface area contributed by atoms with Gasteiger partial charge >= 0.3 is 11.1 Å². The van der Waals surface area contributed by atoms with E-state index in [1.807, 2.05) is 19.1 Å². The molecule has 1 heterocycles. The average Bonchev–Trinajstić information content (AvgIpc) is 2.26. The zero-order valence-corrected chi connectivity index (χ0v) is 10.1. The Morgan fingerprint density at radius 2 is 2.06 bits per heavy atom. The number of aromatic amines is 1. The molecule has 0 atom stereocenters. The van der Waals surface area contributed by atoms with Crippen molar-refractivity contribution in [3.63, 3.8) is 0 Å². The zero-order chi connectivity index (χ0) is 11.7. The van der Waals surface area contributed by atoms with Gasteiger partial charge in [0, 0.05) is 22.6 Å². The van der Waals surface area contributed by atoms with Gasteiger partial charge in [0.15, 0.2) is 0 Å². The maximum atomic E-state index is 11.6. The van der Waals surface area contributed by atoms with Crippen molar-refractivity contribution in [3.05, 3.63) is 61.3 Å². The van der Waals surface area contributed by atoms with E-state index in [0.717, 1.165) is 10.0 Å². The van der Waals surface area contributed by atoms with Crippen molar-refractivity contribution in [1.29, 1.82) is 0 Å². The molecule has 16 heavy (non-hydrogen) atoms. The topological polar surface area (TPSA) is 54.9 Å². The number of hydrogen-bond donors (Lipinski definition) is 1. The molecule has 0 aliphatic carbocycles. The second kappa shape index (κ2) is 4.09. The van der Waals surface area contributed by atoms with E-state index in [2.05, 4.69) is 20.9 Å². The van der Waals surface area contributed by atoms with Crippen molar-refractivity contribution < 1.29 is 0 Å². The van der Waals surface area contributed by atoms with E-state index in [0.29, 0.717) is 5.69 Å². The van der Waals surface area contributed by atoms with E-state index in [1.54, 1.807) is 6.07 Å². The van der Waals surface area contributed by atoms with E-state index in [1.165, 1.54) is 17.0 Å². The van der Waals surface area contributed by atoms with Gasteiger partial charge in [0.25, 0.3) is 0 Å². The van der Waals surface area contributed by atoms with Gasteiger partial charge in [0.1, 0.15) is 0 Å². The Labute approximate surface area is 99.7 Å². The Hall–Kier alpha value is -1.62. The van der Waals surface area contributed by atoms with E-state index in [-0.39, 0.29) is 0 Å². The van der Waals surface area contributed by atoms with Crippen LogP contribution in [0.4, 0.5) is 0 Å². The number of rotatable bonds is 1. The molecule has 0 aliphatic heterocycles. The number of nitrogens with zero attached hydrogens (tertiary/aromatic N) is 1. The number of nitrogens with one attached hydrogen (secondary N) is 1. The summed E-state index contributed by atoms with van der Waals surface area (Å²) in [5, 5.41) is 0. The van der Waals surface area contributed by atoms with Crippen LogP contribution in [0.2, 0.25) is 0 Å². The highest BCUT2D eigenvalue weighted by Gasteiger charge is 2.03. The number of hydrogen-bond acceptors (Lipinski definition) is 2. The maximum Gasteiger partial charge on any atom is 0.320 e. The molecule has 0 saturated heterocycles. The molecule has 0 fully saturated rings. The van der Waals surface area contributed by atoms with Crippen LogP contribution in [0, 0.1) is 6.92 Å². The lowest BCUT2D eigenvalue weighted by Gasteiger charge is -2.06. The fourth-order valence-electron chi connectivity index (χ4n) is 1.41. The van der Waals surface area contributed by atoms with Crippen molar-refractivity contribution in [2.45, 2.75) is 6.92 Å². The number of benzene rings is 1. The molecule has 4 nitrogen and oxygen atoms in total. The molecule has 1 aromatic carbocycles. The molecular formula is C11H9BrN2O2. The summed E-state index contributed by atoms with van der Waals surface area (Å²) in [6, 6.07) is 5.46. The van der Waals surface area contributed by atoms with Crippen molar-refractivity contribution >= 4 is 15.9 Å².